The number of sulfonamides is 1. The summed E-state index contributed by atoms with van der Waals surface area (Å²) >= 11 is 0. The maximum atomic E-state index is 12.1. The molecule has 18 heavy (non-hydrogen) atoms. The van der Waals surface area contributed by atoms with Gasteiger partial charge in [-0.15, -0.1) is 0 Å². The summed E-state index contributed by atoms with van der Waals surface area (Å²) in [5.74, 6) is -0.0558. The topological polar surface area (TPSA) is 66.5 Å². The number of rotatable bonds is 4. The van der Waals surface area contributed by atoms with Crippen LogP contribution in [0.3, 0.4) is 0 Å². The molecule has 5 nitrogen and oxygen atoms in total. The molecule has 0 unspecified atom stereocenters. The zero-order chi connectivity index (χ0) is 13.2. The highest BCUT2D eigenvalue weighted by Crippen LogP contribution is 2.35. The van der Waals surface area contributed by atoms with E-state index in [0.717, 1.165) is 19.4 Å². The summed E-state index contributed by atoms with van der Waals surface area (Å²) in [7, 11) is -2.10. The summed E-state index contributed by atoms with van der Waals surface area (Å²) < 4.78 is 25.1. The Kier molecular flexibility index (Phi) is 4.27. The molecule has 104 valence electrons. The van der Waals surface area contributed by atoms with Crippen molar-refractivity contribution in [3.05, 3.63) is 0 Å². The number of likely N-dealkylation sites (tertiary alicyclic amines) is 1. The second kappa shape index (κ2) is 5.57. The summed E-state index contributed by atoms with van der Waals surface area (Å²) in [5, 5.41) is 0. The first-order valence-corrected chi connectivity index (χ1v) is 8.39. The Morgan fingerprint density at radius 1 is 1.22 bits per heavy atom. The predicted octanol–water partition coefficient (Wildman–Crippen LogP) is 0.717. The van der Waals surface area contributed by atoms with E-state index in [1.54, 1.807) is 0 Å². The second-order valence-corrected chi connectivity index (χ2v) is 7.23. The van der Waals surface area contributed by atoms with Crippen LogP contribution >= 0.6 is 0 Å². The van der Waals surface area contributed by atoms with Gasteiger partial charge in [-0.3, -0.25) is 4.79 Å². The molecule has 1 saturated carbocycles. The second-order valence-electron chi connectivity index (χ2n) is 5.30. The smallest absolute Gasteiger partial charge is 0.239 e. The Balaban J connectivity index is 2.00. The normalized spacial score (nSPS) is 25.8. The zero-order valence-corrected chi connectivity index (χ0v) is 11.7. The minimum atomic E-state index is -3.44. The zero-order valence-electron chi connectivity index (χ0n) is 10.9. The third-order valence-electron chi connectivity index (χ3n) is 4.19. The molecule has 1 aliphatic heterocycles. The van der Waals surface area contributed by atoms with Crippen LogP contribution in [0.4, 0.5) is 0 Å². The Morgan fingerprint density at radius 3 is 2.50 bits per heavy atom. The van der Waals surface area contributed by atoms with Crippen LogP contribution in [0, 0.1) is 5.92 Å². The fourth-order valence-corrected chi connectivity index (χ4v) is 3.89. The number of nitrogens with zero attached hydrogens (tertiary/aromatic N) is 1. The molecule has 1 atom stereocenters. The average molecular weight is 274 g/mol. The molecule has 1 amide bonds. The van der Waals surface area contributed by atoms with Crippen LogP contribution in [0.5, 0.6) is 0 Å². The number of nitrogens with one attached hydrogen (secondary N) is 1. The summed E-state index contributed by atoms with van der Waals surface area (Å²) in [4.78, 5) is 13.9. The van der Waals surface area contributed by atoms with Crippen molar-refractivity contribution in [1.29, 1.82) is 0 Å². The summed E-state index contributed by atoms with van der Waals surface area (Å²) in [6, 6.07) is 0.284. The number of hydrogen-bond donors (Lipinski definition) is 1. The van der Waals surface area contributed by atoms with E-state index in [9.17, 15) is 13.2 Å². The van der Waals surface area contributed by atoms with Crippen molar-refractivity contribution >= 4 is 15.9 Å². The molecule has 0 aromatic heterocycles. The first kappa shape index (κ1) is 13.8. The molecular formula is C12H22N2O3S. The van der Waals surface area contributed by atoms with Gasteiger partial charge in [0.15, 0.2) is 0 Å². The molecule has 0 bridgehead atoms. The molecule has 0 radical (unpaired) electrons. The molecule has 2 fully saturated rings. The van der Waals surface area contributed by atoms with E-state index in [-0.39, 0.29) is 11.9 Å². The van der Waals surface area contributed by atoms with E-state index in [2.05, 4.69) is 4.72 Å². The molecule has 2 aliphatic rings. The molecule has 0 aromatic carbocycles. The summed E-state index contributed by atoms with van der Waals surface area (Å²) in [5.41, 5.74) is 0. The molecular weight excluding hydrogens is 252 g/mol. The Bertz CT molecular complexity index is 402. The molecule has 0 aromatic rings. The first-order valence-electron chi connectivity index (χ1n) is 6.74. The molecule has 1 N–H and O–H groups in total. The number of carbonyl (C=O) groups excluding carboxylic acids is 1. The standard InChI is InChI=1S/C12H22N2O3S/c1-13-18(16,17)9-12(15)14-8-4-7-11(14)10-5-2-3-6-10/h10-11,13H,2-9H2,1H3/t11-/m1/s1. The van der Waals surface area contributed by atoms with Gasteiger partial charge in [0.25, 0.3) is 0 Å². The summed E-state index contributed by atoms with van der Waals surface area (Å²) in [6.45, 7) is 0.721. The van der Waals surface area contributed by atoms with E-state index in [1.165, 1.54) is 32.7 Å². The maximum Gasteiger partial charge on any atom is 0.239 e. The van der Waals surface area contributed by atoms with E-state index in [1.807, 2.05) is 4.90 Å². The van der Waals surface area contributed by atoms with Crippen LogP contribution in [0.1, 0.15) is 38.5 Å². The van der Waals surface area contributed by atoms with Crippen LogP contribution in [0.2, 0.25) is 0 Å². The lowest BCUT2D eigenvalue weighted by Crippen LogP contribution is -2.43. The van der Waals surface area contributed by atoms with Gasteiger partial charge in [0.05, 0.1) is 0 Å². The third kappa shape index (κ3) is 3.03. The fraction of sp³-hybridized carbons (Fsp3) is 0.917. The van der Waals surface area contributed by atoms with Crippen LogP contribution < -0.4 is 4.72 Å². The first-order chi connectivity index (χ1) is 8.53. The van der Waals surface area contributed by atoms with Gasteiger partial charge in [0, 0.05) is 12.6 Å². The Labute approximate surface area is 109 Å². The highest BCUT2D eigenvalue weighted by atomic mass is 32.2. The van der Waals surface area contributed by atoms with Crippen LogP contribution in [-0.4, -0.2) is 44.6 Å². The fourth-order valence-electron chi connectivity index (χ4n) is 3.25. The number of carbonyl (C=O) groups is 1. The number of hydrogen-bond acceptors (Lipinski definition) is 3. The van der Waals surface area contributed by atoms with E-state index in [0.29, 0.717) is 5.92 Å². The van der Waals surface area contributed by atoms with E-state index in [4.69, 9.17) is 0 Å². The van der Waals surface area contributed by atoms with Gasteiger partial charge in [0.2, 0.25) is 15.9 Å². The van der Waals surface area contributed by atoms with Gasteiger partial charge in [-0.05, 0) is 38.6 Å². The van der Waals surface area contributed by atoms with Crippen molar-refractivity contribution < 1.29 is 13.2 Å². The lowest BCUT2D eigenvalue weighted by atomic mass is 9.96. The quantitative estimate of drug-likeness (QED) is 0.821. The maximum absolute atomic E-state index is 12.1. The van der Waals surface area contributed by atoms with Gasteiger partial charge < -0.3 is 4.90 Å². The lowest BCUT2D eigenvalue weighted by molar-refractivity contribution is -0.130. The van der Waals surface area contributed by atoms with E-state index < -0.39 is 15.8 Å². The monoisotopic (exact) mass is 274 g/mol. The lowest BCUT2D eigenvalue weighted by Gasteiger charge is -2.29. The minimum absolute atomic E-state index is 0.237. The van der Waals surface area contributed by atoms with Crippen LogP contribution in [0.15, 0.2) is 0 Å². The highest BCUT2D eigenvalue weighted by Gasteiger charge is 2.36. The number of amides is 1. The molecule has 2 rings (SSSR count). The van der Waals surface area contributed by atoms with Gasteiger partial charge in [-0.1, -0.05) is 12.8 Å². The van der Waals surface area contributed by atoms with Gasteiger partial charge >= 0.3 is 0 Å². The van der Waals surface area contributed by atoms with Gasteiger partial charge in [-0.2, -0.15) is 0 Å². The molecule has 1 heterocycles. The van der Waals surface area contributed by atoms with Crippen molar-refractivity contribution in [3.8, 4) is 0 Å². The van der Waals surface area contributed by atoms with Crippen LogP contribution in [0.25, 0.3) is 0 Å². The van der Waals surface area contributed by atoms with Crippen molar-refractivity contribution in [2.75, 3.05) is 19.3 Å². The van der Waals surface area contributed by atoms with Crippen molar-refractivity contribution in [3.63, 3.8) is 0 Å². The Morgan fingerprint density at radius 2 is 1.89 bits per heavy atom. The third-order valence-corrected chi connectivity index (χ3v) is 5.44. The highest BCUT2D eigenvalue weighted by molar-refractivity contribution is 7.90. The minimum Gasteiger partial charge on any atom is -0.339 e. The van der Waals surface area contributed by atoms with Crippen molar-refractivity contribution in [2.45, 2.75) is 44.6 Å². The molecule has 1 aliphatic carbocycles. The SMILES string of the molecule is CNS(=O)(=O)CC(=O)N1CCC[C@@H]1C1CCCC1. The average Bonchev–Trinajstić information content (AvgIpc) is 2.98. The predicted molar refractivity (Wildman–Crippen MR) is 69.5 cm³/mol. The largest absolute Gasteiger partial charge is 0.339 e. The van der Waals surface area contributed by atoms with Gasteiger partial charge in [0.1, 0.15) is 5.75 Å². The van der Waals surface area contributed by atoms with Crippen molar-refractivity contribution in [2.24, 2.45) is 5.92 Å². The van der Waals surface area contributed by atoms with E-state index >= 15 is 0 Å². The molecule has 1 saturated heterocycles. The molecule has 6 heteroatoms. The van der Waals surface area contributed by atoms with Crippen LogP contribution in [-0.2, 0) is 14.8 Å². The summed E-state index contributed by atoms with van der Waals surface area (Å²) in [6.07, 6.45) is 6.92. The Hall–Kier alpha value is -0.620. The van der Waals surface area contributed by atoms with Gasteiger partial charge in [-0.25, -0.2) is 13.1 Å². The molecule has 0 spiro atoms. The van der Waals surface area contributed by atoms with Crippen molar-refractivity contribution in [1.82, 2.24) is 9.62 Å².